The molecule has 172 valence electrons. The van der Waals surface area contributed by atoms with Crippen LogP contribution in [0.25, 0.3) is 11.8 Å². The number of hydrogen-bond acceptors (Lipinski definition) is 4. The molecular weight excluding hydrogens is 434 g/mol. The zero-order chi connectivity index (χ0) is 24.2. The first-order chi connectivity index (χ1) is 16.4. The largest absolute Gasteiger partial charge is 0.329 e. The van der Waals surface area contributed by atoms with E-state index in [-0.39, 0.29) is 11.4 Å². The minimum Gasteiger partial charge on any atom is -0.318 e. The molecule has 2 N–H and O–H groups in total. The van der Waals surface area contributed by atoms with Crippen LogP contribution < -0.4 is 16.2 Å². The van der Waals surface area contributed by atoms with Crippen molar-refractivity contribution >= 4 is 29.6 Å². The van der Waals surface area contributed by atoms with Crippen molar-refractivity contribution in [3.05, 3.63) is 100 Å². The van der Waals surface area contributed by atoms with Crippen LogP contribution in [0.4, 0.5) is 10.5 Å². The maximum absolute atomic E-state index is 13.0. The van der Waals surface area contributed by atoms with Crippen molar-refractivity contribution in [3.8, 4) is 5.69 Å². The Hall–Kier alpha value is -4.66. The van der Waals surface area contributed by atoms with Crippen LogP contribution in [0.2, 0.25) is 0 Å². The summed E-state index contributed by atoms with van der Waals surface area (Å²) in [7, 11) is 1.71. The quantitative estimate of drug-likeness (QED) is 0.438. The standard InChI is InChI=1S/C25H23N5O4/c1-17-22(24(33)30(28(17)2)19-13-7-4-8-14-19)27-21(31)16-29-23(32)20(26-25(29)34)15-9-12-18-10-5-3-6-11-18/h3-15H,16H2,1-2H3,(H,26,34)(H,27,31)/b12-9+,20-15-. The van der Waals surface area contributed by atoms with Crippen molar-refractivity contribution in [2.24, 2.45) is 7.05 Å². The summed E-state index contributed by atoms with van der Waals surface area (Å²) in [4.78, 5) is 51.3. The normalized spacial score (nSPS) is 14.8. The molecule has 3 aromatic rings. The summed E-state index contributed by atoms with van der Waals surface area (Å²) in [5, 5.41) is 5.02. The summed E-state index contributed by atoms with van der Waals surface area (Å²) in [5.74, 6) is -1.28. The van der Waals surface area contributed by atoms with Gasteiger partial charge in [0.25, 0.3) is 11.5 Å². The lowest BCUT2D eigenvalue weighted by molar-refractivity contribution is -0.127. The van der Waals surface area contributed by atoms with Gasteiger partial charge in [0.1, 0.15) is 17.9 Å². The molecule has 0 radical (unpaired) electrons. The van der Waals surface area contributed by atoms with Crippen LogP contribution in [0.3, 0.4) is 0 Å². The molecule has 34 heavy (non-hydrogen) atoms. The van der Waals surface area contributed by atoms with Crippen LogP contribution in [-0.4, -0.2) is 38.7 Å². The number of urea groups is 1. The Labute approximate surface area is 195 Å². The zero-order valence-corrected chi connectivity index (χ0v) is 18.7. The van der Waals surface area contributed by atoms with Crippen molar-refractivity contribution in [2.45, 2.75) is 6.92 Å². The molecule has 4 rings (SSSR count). The van der Waals surface area contributed by atoms with Crippen molar-refractivity contribution < 1.29 is 14.4 Å². The third-order valence-corrected chi connectivity index (χ3v) is 5.43. The molecule has 0 spiro atoms. The third kappa shape index (κ3) is 4.44. The molecule has 1 saturated heterocycles. The maximum Gasteiger partial charge on any atom is 0.329 e. The number of para-hydroxylation sites is 1. The molecule has 2 heterocycles. The summed E-state index contributed by atoms with van der Waals surface area (Å²) in [5.41, 5.74) is 1.85. The van der Waals surface area contributed by atoms with E-state index in [2.05, 4.69) is 10.6 Å². The topological polar surface area (TPSA) is 105 Å². The first-order valence-electron chi connectivity index (χ1n) is 10.6. The summed E-state index contributed by atoms with van der Waals surface area (Å²) in [6, 6.07) is 17.8. The van der Waals surface area contributed by atoms with Gasteiger partial charge in [0.05, 0.1) is 11.4 Å². The average Bonchev–Trinajstić information content (AvgIpc) is 3.22. The van der Waals surface area contributed by atoms with Gasteiger partial charge in [-0.3, -0.25) is 19.1 Å². The van der Waals surface area contributed by atoms with Gasteiger partial charge < -0.3 is 10.6 Å². The number of nitrogens with one attached hydrogen (secondary N) is 2. The van der Waals surface area contributed by atoms with E-state index >= 15 is 0 Å². The number of carbonyl (C=O) groups excluding carboxylic acids is 3. The minimum atomic E-state index is -0.703. The summed E-state index contributed by atoms with van der Waals surface area (Å²) < 4.78 is 3.06. The Morgan fingerprint density at radius 2 is 1.65 bits per heavy atom. The monoisotopic (exact) mass is 457 g/mol. The number of benzene rings is 2. The van der Waals surface area contributed by atoms with E-state index < -0.39 is 29.9 Å². The molecule has 0 unspecified atom stereocenters. The molecule has 0 saturated carbocycles. The van der Waals surface area contributed by atoms with Gasteiger partial charge >= 0.3 is 6.03 Å². The molecule has 0 bridgehead atoms. The number of aromatic nitrogens is 2. The second-order valence-electron chi connectivity index (χ2n) is 7.66. The Morgan fingerprint density at radius 3 is 2.32 bits per heavy atom. The number of nitrogens with zero attached hydrogens (tertiary/aromatic N) is 3. The molecule has 9 nitrogen and oxygen atoms in total. The van der Waals surface area contributed by atoms with E-state index in [1.807, 2.05) is 36.4 Å². The number of carbonyl (C=O) groups is 3. The highest BCUT2D eigenvalue weighted by atomic mass is 16.2. The van der Waals surface area contributed by atoms with Crippen molar-refractivity contribution in [1.29, 1.82) is 0 Å². The first-order valence-corrected chi connectivity index (χ1v) is 10.6. The second kappa shape index (κ2) is 9.45. The minimum absolute atomic E-state index is 0.0623. The molecule has 2 aromatic carbocycles. The van der Waals surface area contributed by atoms with Gasteiger partial charge in [0.15, 0.2) is 0 Å². The predicted molar refractivity (Wildman–Crippen MR) is 128 cm³/mol. The molecule has 1 fully saturated rings. The first kappa shape index (κ1) is 22.5. The molecule has 0 aliphatic carbocycles. The fourth-order valence-corrected chi connectivity index (χ4v) is 3.58. The van der Waals surface area contributed by atoms with E-state index in [1.165, 1.54) is 10.8 Å². The lowest BCUT2D eigenvalue weighted by Crippen LogP contribution is -2.38. The van der Waals surface area contributed by atoms with E-state index in [9.17, 15) is 19.2 Å². The lowest BCUT2D eigenvalue weighted by Gasteiger charge is -2.11. The van der Waals surface area contributed by atoms with Crippen LogP contribution in [0.5, 0.6) is 0 Å². The van der Waals surface area contributed by atoms with Gasteiger partial charge in [0, 0.05) is 7.05 Å². The lowest BCUT2D eigenvalue weighted by atomic mass is 10.2. The van der Waals surface area contributed by atoms with Gasteiger partial charge in [-0.2, -0.15) is 0 Å². The third-order valence-electron chi connectivity index (χ3n) is 5.43. The Kier molecular flexibility index (Phi) is 6.26. The number of amides is 4. The van der Waals surface area contributed by atoms with Gasteiger partial charge in [0.2, 0.25) is 5.91 Å². The highest BCUT2D eigenvalue weighted by molar-refractivity contribution is 6.14. The second-order valence-corrected chi connectivity index (χ2v) is 7.66. The zero-order valence-electron chi connectivity index (χ0n) is 18.7. The van der Waals surface area contributed by atoms with Crippen molar-refractivity contribution in [1.82, 2.24) is 19.6 Å². The van der Waals surface area contributed by atoms with Crippen LogP contribution in [0.1, 0.15) is 11.3 Å². The Bertz CT molecular complexity index is 1370. The van der Waals surface area contributed by atoms with E-state index in [0.29, 0.717) is 11.4 Å². The van der Waals surface area contributed by atoms with Crippen LogP contribution >= 0.6 is 0 Å². The fraction of sp³-hybridized carbons (Fsp3) is 0.120. The highest BCUT2D eigenvalue weighted by Crippen LogP contribution is 2.15. The van der Waals surface area contributed by atoms with E-state index in [0.717, 1.165) is 10.5 Å². The van der Waals surface area contributed by atoms with Crippen LogP contribution in [0.15, 0.2) is 83.3 Å². The van der Waals surface area contributed by atoms with Gasteiger partial charge in [-0.15, -0.1) is 0 Å². The van der Waals surface area contributed by atoms with Gasteiger partial charge in [-0.05, 0) is 30.7 Å². The average molecular weight is 457 g/mol. The van der Waals surface area contributed by atoms with Crippen molar-refractivity contribution in [3.63, 3.8) is 0 Å². The smallest absolute Gasteiger partial charge is 0.318 e. The maximum atomic E-state index is 13.0. The van der Waals surface area contributed by atoms with Crippen molar-refractivity contribution in [2.75, 3.05) is 11.9 Å². The van der Waals surface area contributed by atoms with E-state index in [1.54, 1.807) is 55.1 Å². The molecular formula is C25H23N5O4. The van der Waals surface area contributed by atoms with E-state index in [4.69, 9.17) is 0 Å². The number of hydrogen-bond donors (Lipinski definition) is 2. The molecule has 4 amide bonds. The predicted octanol–water partition coefficient (Wildman–Crippen LogP) is 2.57. The van der Waals surface area contributed by atoms with Crippen LogP contribution in [0, 0.1) is 6.92 Å². The van der Waals surface area contributed by atoms with Gasteiger partial charge in [-0.1, -0.05) is 60.7 Å². The summed E-state index contributed by atoms with van der Waals surface area (Å²) >= 11 is 0. The number of rotatable bonds is 6. The van der Waals surface area contributed by atoms with Gasteiger partial charge in [-0.25, -0.2) is 14.4 Å². The summed E-state index contributed by atoms with van der Waals surface area (Å²) in [6.07, 6.45) is 4.91. The molecule has 1 aliphatic rings. The van der Waals surface area contributed by atoms with Crippen LogP contribution in [-0.2, 0) is 16.6 Å². The Morgan fingerprint density at radius 1 is 1.00 bits per heavy atom. The number of imide groups is 1. The SMILES string of the molecule is Cc1c(NC(=O)CN2C(=O)N/C(=C\C=C\c3ccccc3)C2=O)c(=O)n(-c2ccccc2)n1C. The highest BCUT2D eigenvalue weighted by Gasteiger charge is 2.35. The Balaban J connectivity index is 1.47. The molecule has 0 atom stereocenters. The fourth-order valence-electron chi connectivity index (χ4n) is 3.58. The number of anilines is 1. The summed E-state index contributed by atoms with van der Waals surface area (Å²) in [6.45, 7) is 1.17. The molecule has 1 aliphatic heterocycles. The molecule has 1 aromatic heterocycles. The number of allylic oxidation sites excluding steroid dienone is 2. The molecule has 9 heteroatoms.